The van der Waals surface area contributed by atoms with Crippen molar-refractivity contribution in [2.24, 2.45) is 0 Å². The molecule has 1 aromatic heterocycles. The number of hydrogen-bond donors (Lipinski definition) is 1. The number of fused-ring (bicyclic) bond motifs is 1. The van der Waals surface area contributed by atoms with Gasteiger partial charge < -0.3 is 4.74 Å². The zero-order valence-electron chi connectivity index (χ0n) is 7.37. The highest BCUT2D eigenvalue weighted by Crippen LogP contribution is 2.29. The lowest BCUT2D eigenvalue weighted by atomic mass is 10.2. The summed E-state index contributed by atoms with van der Waals surface area (Å²) in [7, 11) is 1.52. The summed E-state index contributed by atoms with van der Waals surface area (Å²) in [6.45, 7) is 0. The molecule has 0 radical (unpaired) electrons. The molecule has 0 unspecified atom stereocenters. The molecule has 0 amide bonds. The van der Waals surface area contributed by atoms with E-state index in [1.165, 1.54) is 7.11 Å². The number of benzene rings is 1. The predicted octanol–water partition coefficient (Wildman–Crippen LogP) is 2.04. The van der Waals surface area contributed by atoms with E-state index in [2.05, 4.69) is 10.2 Å². The van der Waals surface area contributed by atoms with Crippen molar-refractivity contribution in [2.75, 3.05) is 7.11 Å². The largest absolute Gasteiger partial charge is 0.495 e. The molecular formula is C9H7ClN2O2. The van der Waals surface area contributed by atoms with Crippen LogP contribution in [0.1, 0.15) is 10.5 Å². The lowest BCUT2D eigenvalue weighted by molar-refractivity contribution is 0.112. The molecule has 0 fully saturated rings. The second-order valence-corrected chi connectivity index (χ2v) is 3.17. The normalized spacial score (nSPS) is 10.4. The van der Waals surface area contributed by atoms with Crippen LogP contribution in [-0.2, 0) is 0 Å². The Morgan fingerprint density at radius 2 is 2.36 bits per heavy atom. The Hall–Kier alpha value is -1.55. The maximum atomic E-state index is 10.6. The second kappa shape index (κ2) is 3.31. The number of ether oxygens (including phenoxy) is 1. The topological polar surface area (TPSA) is 55.0 Å². The van der Waals surface area contributed by atoms with E-state index in [1.807, 2.05) is 0 Å². The molecule has 0 aliphatic carbocycles. The third kappa shape index (κ3) is 1.24. The molecule has 14 heavy (non-hydrogen) atoms. The molecule has 0 saturated carbocycles. The molecule has 1 heterocycles. The Kier molecular flexibility index (Phi) is 2.13. The maximum absolute atomic E-state index is 10.6. The molecule has 2 rings (SSSR count). The van der Waals surface area contributed by atoms with Gasteiger partial charge in [0.1, 0.15) is 11.4 Å². The minimum absolute atomic E-state index is 0.426. The summed E-state index contributed by atoms with van der Waals surface area (Å²) in [4.78, 5) is 10.6. The molecule has 0 aliphatic rings. The molecule has 0 bridgehead atoms. The van der Waals surface area contributed by atoms with Crippen LogP contribution in [0.5, 0.6) is 5.75 Å². The van der Waals surface area contributed by atoms with E-state index in [-0.39, 0.29) is 0 Å². The number of carbonyl (C=O) groups is 1. The number of halogens is 1. The average molecular weight is 211 g/mol. The first-order chi connectivity index (χ1) is 6.76. The van der Waals surface area contributed by atoms with Gasteiger partial charge in [-0.15, -0.1) is 0 Å². The summed E-state index contributed by atoms with van der Waals surface area (Å²) in [5.41, 5.74) is 1.08. The Labute approximate surface area is 84.8 Å². The number of hydrogen-bond acceptors (Lipinski definition) is 3. The third-order valence-electron chi connectivity index (χ3n) is 1.97. The molecule has 1 N–H and O–H groups in total. The Morgan fingerprint density at radius 1 is 1.57 bits per heavy atom. The number of methoxy groups -OCH3 is 1. The molecule has 2 aromatic rings. The van der Waals surface area contributed by atoms with Crippen LogP contribution in [0.2, 0.25) is 5.02 Å². The summed E-state index contributed by atoms with van der Waals surface area (Å²) in [6.07, 6.45) is 0.711. The first kappa shape index (κ1) is 9.02. The first-order valence-electron chi connectivity index (χ1n) is 3.93. The van der Waals surface area contributed by atoms with Crippen molar-refractivity contribution in [1.82, 2.24) is 10.2 Å². The number of aldehydes is 1. The van der Waals surface area contributed by atoms with Gasteiger partial charge in [-0.05, 0) is 12.1 Å². The van der Waals surface area contributed by atoms with E-state index in [9.17, 15) is 4.79 Å². The van der Waals surface area contributed by atoms with Crippen LogP contribution in [0.25, 0.3) is 10.9 Å². The van der Waals surface area contributed by atoms with Gasteiger partial charge in [-0.2, -0.15) is 5.10 Å². The van der Waals surface area contributed by atoms with Crippen LogP contribution < -0.4 is 4.74 Å². The van der Waals surface area contributed by atoms with Gasteiger partial charge in [-0.3, -0.25) is 9.89 Å². The van der Waals surface area contributed by atoms with Crippen LogP contribution in [0.4, 0.5) is 0 Å². The number of aromatic amines is 1. The lowest BCUT2D eigenvalue weighted by Gasteiger charge is -2.01. The Bertz CT molecular complexity index is 493. The molecule has 0 saturated heterocycles. The maximum Gasteiger partial charge on any atom is 0.168 e. The zero-order valence-corrected chi connectivity index (χ0v) is 8.13. The van der Waals surface area contributed by atoms with Crippen molar-refractivity contribution in [3.05, 3.63) is 22.8 Å². The van der Waals surface area contributed by atoms with Gasteiger partial charge in [0.15, 0.2) is 6.29 Å². The van der Waals surface area contributed by atoms with Crippen LogP contribution in [-0.4, -0.2) is 23.6 Å². The summed E-state index contributed by atoms with van der Waals surface area (Å²) in [5, 5.41) is 7.72. The van der Waals surface area contributed by atoms with Gasteiger partial charge in [0.05, 0.1) is 17.6 Å². The molecule has 1 aromatic carbocycles. The fourth-order valence-corrected chi connectivity index (χ4v) is 1.51. The number of nitrogens with one attached hydrogen (secondary N) is 1. The molecule has 5 heteroatoms. The van der Waals surface area contributed by atoms with E-state index < -0.39 is 0 Å². The summed E-state index contributed by atoms with van der Waals surface area (Å²) in [6, 6.07) is 3.34. The molecule has 0 aliphatic heterocycles. The van der Waals surface area contributed by atoms with Crippen molar-refractivity contribution in [2.45, 2.75) is 0 Å². The van der Waals surface area contributed by atoms with Crippen molar-refractivity contribution in [3.63, 3.8) is 0 Å². The highest BCUT2D eigenvalue weighted by molar-refractivity contribution is 6.32. The van der Waals surface area contributed by atoms with Crippen molar-refractivity contribution >= 4 is 28.8 Å². The highest BCUT2D eigenvalue weighted by Gasteiger charge is 2.09. The standard InChI is InChI=1S/C9H7ClN2O2/c1-14-9-2-5-7(3-6(9)10)11-12-8(5)4-13/h2-4H,1H3,(H,11,12). The van der Waals surface area contributed by atoms with Gasteiger partial charge in [-0.25, -0.2) is 0 Å². The summed E-state index contributed by atoms with van der Waals surface area (Å²) in [5.74, 6) is 0.531. The van der Waals surface area contributed by atoms with E-state index >= 15 is 0 Å². The zero-order chi connectivity index (χ0) is 10.1. The molecular weight excluding hydrogens is 204 g/mol. The van der Waals surface area contributed by atoms with Gasteiger partial charge in [-0.1, -0.05) is 11.6 Å². The Morgan fingerprint density at radius 3 is 3.00 bits per heavy atom. The number of H-pyrrole nitrogens is 1. The molecule has 0 spiro atoms. The van der Waals surface area contributed by atoms with E-state index in [4.69, 9.17) is 16.3 Å². The SMILES string of the molecule is COc1cc2c(C=O)[nH]nc2cc1Cl. The third-order valence-corrected chi connectivity index (χ3v) is 2.27. The van der Waals surface area contributed by atoms with Crippen LogP contribution in [0.3, 0.4) is 0 Å². The van der Waals surface area contributed by atoms with Crippen LogP contribution >= 0.6 is 11.6 Å². The second-order valence-electron chi connectivity index (χ2n) is 2.76. The van der Waals surface area contributed by atoms with Crippen molar-refractivity contribution < 1.29 is 9.53 Å². The summed E-state index contributed by atoms with van der Waals surface area (Å²) < 4.78 is 5.03. The number of aromatic nitrogens is 2. The number of carbonyl (C=O) groups excluding carboxylic acids is 1. The van der Waals surface area contributed by atoms with Gasteiger partial charge in [0.25, 0.3) is 0 Å². The average Bonchev–Trinajstić information content (AvgIpc) is 2.58. The first-order valence-corrected chi connectivity index (χ1v) is 4.31. The fraction of sp³-hybridized carbons (Fsp3) is 0.111. The van der Waals surface area contributed by atoms with Crippen molar-refractivity contribution in [1.29, 1.82) is 0 Å². The lowest BCUT2D eigenvalue weighted by Crippen LogP contribution is -1.84. The van der Waals surface area contributed by atoms with Gasteiger partial charge >= 0.3 is 0 Å². The smallest absolute Gasteiger partial charge is 0.168 e. The van der Waals surface area contributed by atoms with E-state index in [0.717, 1.165) is 0 Å². The minimum atomic E-state index is 0.426. The van der Waals surface area contributed by atoms with Gasteiger partial charge in [0, 0.05) is 5.39 Å². The minimum Gasteiger partial charge on any atom is -0.495 e. The fourth-order valence-electron chi connectivity index (χ4n) is 1.28. The number of rotatable bonds is 2. The van der Waals surface area contributed by atoms with Gasteiger partial charge in [0.2, 0.25) is 0 Å². The van der Waals surface area contributed by atoms with Crippen LogP contribution in [0, 0.1) is 0 Å². The summed E-state index contributed by atoms with van der Waals surface area (Å²) >= 11 is 5.89. The van der Waals surface area contributed by atoms with E-state index in [0.29, 0.717) is 33.7 Å². The monoisotopic (exact) mass is 210 g/mol. The van der Waals surface area contributed by atoms with Crippen LogP contribution in [0.15, 0.2) is 12.1 Å². The number of nitrogens with zero attached hydrogens (tertiary/aromatic N) is 1. The molecule has 4 nitrogen and oxygen atoms in total. The predicted molar refractivity (Wildman–Crippen MR) is 53.0 cm³/mol. The highest BCUT2D eigenvalue weighted by atomic mass is 35.5. The molecule has 72 valence electrons. The quantitative estimate of drug-likeness (QED) is 0.772. The molecule has 0 atom stereocenters. The van der Waals surface area contributed by atoms with Crippen molar-refractivity contribution in [3.8, 4) is 5.75 Å². The van der Waals surface area contributed by atoms with E-state index in [1.54, 1.807) is 12.1 Å². The Balaban J connectivity index is 2.76.